The third kappa shape index (κ3) is 9.48. The summed E-state index contributed by atoms with van der Waals surface area (Å²) < 4.78 is 61.6. The average Bonchev–Trinajstić information content (AvgIpc) is 4.02. The van der Waals surface area contributed by atoms with Crippen LogP contribution in [0, 0.1) is 40.4 Å². The third-order valence-corrected chi connectivity index (χ3v) is 19.9. The summed E-state index contributed by atoms with van der Waals surface area (Å²) in [4.78, 5) is 0. The molecule has 0 bridgehead atoms. The van der Waals surface area contributed by atoms with Gasteiger partial charge in [-0.05, 0) is 99.7 Å². The summed E-state index contributed by atoms with van der Waals surface area (Å²) in [5, 5.41) is 137. The van der Waals surface area contributed by atoms with Crippen LogP contribution in [0.4, 0.5) is 0 Å². The van der Waals surface area contributed by atoms with Gasteiger partial charge in [-0.3, -0.25) is 0 Å². The first kappa shape index (κ1) is 56.1. The molecule has 3 saturated carbocycles. The lowest BCUT2D eigenvalue weighted by molar-refractivity contribution is -0.375. The van der Waals surface area contributed by atoms with Gasteiger partial charge in [0.15, 0.2) is 30.9 Å². The molecule has 9 fully saturated rings. The number of fused-ring (bicyclic) bond motifs is 7. The fourth-order valence-corrected chi connectivity index (χ4v) is 15.5. The second-order valence-corrected chi connectivity index (χ2v) is 24.2. The fraction of sp³-hybridized carbons (Fsp3) is 0.961. The summed E-state index contributed by atoms with van der Waals surface area (Å²) in [6, 6.07) is 0. The minimum atomic E-state index is -1.75. The average molecular weight is 1060 g/mol. The Kier molecular flexibility index (Phi) is 16.0. The molecule has 31 unspecified atom stereocenters. The minimum absolute atomic E-state index is 0.00240. The van der Waals surface area contributed by atoms with Crippen LogP contribution in [0.2, 0.25) is 0 Å². The predicted octanol–water partition coefficient (Wildman–Crippen LogP) is -2.85. The molecule has 6 saturated heterocycles. The zero-order valence-corrected chi connectivity index (χ0v) is 42.8. The van der Waals surface area contributed by atoms with Gasteiger partial charge in [0.05, 0.1) is 50.3 Å². The van der Waals surface area contributed by atoms with Crippen molar-refractivity contribution in [1.82, 2.24) is 0 Å². The molecule has 74 heavy (non-hydrogen) atoms. The zero-order chi connectivity index (χ0) is 53.1. The highest BCUT2D eigenvalue weighted by Crippen LogP contribution is 2.71. The fourth-order valence-electron chi connectivity index (χ4n) is 15.5. The highest BCUT2D eigenvalue weighted by Gasteiger charge is 2.70. The zero-order valence-electron chi connectivity index (χ0n) is 42.8. The molecule has 6 aliphatic heterocycles. The Morgan fingerprint density at radius 1 is 0.595 bits per heavy atom. The molecule has 23 heteroatoms. The van der Waals surface area contributed by atoms with Gasteiger partial charge in [0, 0.05) is 12.3 Å². The number of ether oxygens (including phenoxy) is 10. The van der Waals surface area contributed by atoms with Crippen molar-refractivity contribution in [2.75, 3.05) is 26.4 Å². The molecule has 1 spiro atoms. The van der Waals surface area contributed by atoms with Gasteiger partial charge in [-0.1, -0.05) is 32.4 Å². The Morgan fingerprint density at radius 2 is 1.20 bits per heavy atom. The number of allylic oxidation sites excluding steroid dienone is 1. The largest absolute Gasteiger partial charge is 0.394 e. The van der Waals surface area contributed by atoms with E-state index >= 15 is 0 Å². The van der Waals surface area contributed by atoms with E-state index in [9.17, 15) is 66.4 Å². The molecule has 6 heterocycles. The van der Waals surface area contributed by atoms with Crippen LogP contribution >= 0.6 is 0 Å². The lowest BCUT2D eigenvalue weighted by Crippen LogP contribution is -2.65. The van der Waals surface area contributed by atoms with Gasteiger partial charge in [0.1, 0.15) is 91.6 Å². The van der Waals surface area contributed by atoms with Gasteiger partial charge >= 0.3 is 0 Å². The number of hydrogen-bond acceptors (Lipinski definition) is 23. The molecule has 0 aromatic carbocycles. The van der Waals surface area contributed by atoms with E-state index in [1.165, 1.54) is 12.5 Å². The van der Waals surface area contributed by atoms with Crippen LogP contribution in [-0.2, 0) is 47.4 Å². The molecule has 31 atom stereocenters. The molecule has 10 aliphatic rings. The second-order valence-electron chi connectivity index (χ2n) is 24.2. The van der Waals surface area contributed by atoms with Crippen molar-refractivity contribution in [3.8, 4) is 0 Å². The Bertz CT molecular complexity index is 1980. The van der Waals surface area contributed by atoms with E-state index in [1.54, 1.807) is 0 Å². The maximum Gasteiger partial charge on any atom is 0.187 e. The molecule has 4 aliphatic carbocycles. The number of aliphatic hydroxyl groups is 13. The molecule has 23 nitrogen and oxygen atoms in total. The highest BCUT2D eigenvalue weighted by atomic mass is 16.8. The molecular weight excluding hydrogens is 981 g/mol. The van der Waals surface area contributed by atoms with E-state index in [4.69, 9.17) is 47.4 Å². The lowest BCUT2D eigenvalue weighted by atomic mass is 9.47. The second kappa shape index (κ2) is 21.0. The van der Waals surface area contributed by atoms with Crippen LogP contribution in [0.1, 0.15) is 92.4 Å². The lowest BCUT2D eigenvalue weighted by Gasteiger charge is -2.58. The maximum absolute atomic E-state index is 11.7. The summed E-state index contributed by atoms with van der Waals surface area (Å²) >= 11 is 0. The molecular formula is C51H82O23. The van der Waals surface area contributed by atoms with Crippen molar-refractivity contribution < 1.29 is 114 Å². The smallest absolute Gasteiger partial charge is 0.187 e. The van der Waals surface area contributed by atoms with Gasteiger partial charge in [-0.2, -0.15) is 0 Å². The third-order valence-electron chi connectivity index (χ3n) is 19.9. The summed E-state index contributed by atoms with van der Waals surface area (Å²) in [6.45, 7) is 8.75. The molecule has 13 N–H and O–H groups in total. The first-order valence-electron chi connectivity index (χ1n) is 26.9. The SMILES string of the molecule is CC1OC(OC2C(OC3CCC4(C)C(=CCC5C4CCC4(C)C5CC5OC6(CCC(C)(COC7OC(CO)C(O)C(O)C7O)O6)C(C)C54)C3)OC(COC3OC(CO)C(O)C(O)C3O)C(O)C2O)C(O)C(O)C1O. The Labute approximate surface area is 430 Å². The van der Waals surface area contributed by atoms with E-state index in [1.807, 2.05) is 6.92 Å². The first-order valence-corrected chi connectivity index (χ1v) is 26.9. The van der Waals surface area contributed by atoms with E-state index in [0.29, 0.717) is 43.4 Å². The molecule has 10 rings (SSSR count). The normalized spacial score (nSPS) is 57.4. The van der Waals surface area contributed by atoms with Crippen LogP contribution in [0.5, 0.6) is 0 Å². The van der Waals surface area contributed by atoms with Crippen LogP contribution in [0.15, 0.2) is 11.6 Å². The van der Waals surface area contributed by atoms with Gasteiger partial charge in [-0.15, -0.1) is 0 Å². The van der Waals surface area contributed by atoms with Gasteiger partial charge in [0.25, 0.3) is 0 Å². The number of hydrogen-bond donors (Lipinski definition) is 13. The van der Waals surface area contributed by atoms with Crippen molar-refractivity contribution in [3.05, 3.63) is 11.6 Å². The van der Waals surface area contributed by atoms with E-state index < -0.39 is 160 Å². The quantitative estimate of drug-likeness (QED) is 0.0875. The summed E-state index contributed by atoms with van der Waals surface area (Å²) in [5.41, 5.74) is 0.338. The number of rotatable bonds is 12. The summed E-state index contributed by atoms with van der Waals surface area (Å²) in [5.74, 6) is 0.731. The standard InChI is InChI=1S/C51H82O23/c1-20-31-27(73-51(20)13-12-48(3,74-51)19-66-45-41(63)38(60)34(56)29(17-53)70-45)15-26-24-7-6-22-14-23(8-10-49(22,4)25(24)9-11-50(26,31)5)68-47-43(72-46-42(64)36(58)32(54)21(2)67-46)39(61)35(57)30(71-47)18-65-44-40(62)37(59)33(55)28(16-52)69-44/h6,20-21,23-47,52-64H,7-19H2,1-5H3. The van der Waals surface area contributed by atoms with Crippen LogP contribution in [0.25, 0.3) is 0 Å². The van der Waals surface area contributed by atoms with E-state index in [0.717, 1.165) is 32.1 Å². The molecule has 0 aromatic heterocycles. The van der Waals surface area contributed by atoms with Crippen molar-refractivity contribution in [3.63, 3.8) is 0 Å². The van der Waals surface area contributed by atoms with E-state index in [2.05, 4.69) is 26.8 Å². The van der Waals surface area contributed by atoms with Crippen LogP contribution in [-0.4, -0.2) is 239 Å². The van der Waals surface area contributed by atoms with Crippen LogP contribution < -0.4 is 0 Å². The predicted molar refractivity (Wildman–Crippen MR) is 248 cm³/mol. The van der Waals surface area contributed by atoms with Crippen molar-refractivity contribution in [2.24, 2.45) is 40.4 Å². The highest BCUT2D eigenvalue weighted by molar-refractivity contribution is 5.27. The Hall–Kier alpha value is -1.18. The maximum atomic E-state index is 11.7. The van der Waals surface area contributed by atoms with Crippen molar-refractivity contribution in [1.29, 1.82) is 0 Å². The van der Waals surface area contributed by atoms with Crippen molar-refractivity contribution >= 4 is 0 Å². The van der Waals surface area contributed by atoms with Gasteiger partial charge in [-0.25, -0.2) is 0 Å². The molecule has 0 aromatic rings. The molecule has 0 amide bonds. The van der Waals surface area contributed by atoms with Crippen molar-refractivity contribution in [2.45, 2.75) is 239 Å². The Morgan fingerprint density at radius 3 is 1.86 bits per heavy atom. The first-order chi connectivity index (χ1) is 35.0. The summed E-state index contributed by atoms with van der Waals surface area (Å²) in [6.07, 6.45) is -20.9. The van der Waals surface area contributed by atoms with E-state index in [-0.39, 0.29) is 35.4 Å². The van der Waals surface area contributed by atoms with Gasteiger partial charge < -0.3 is 114 Å². The monoisotopic (exact) mass is 1060 g/mol. The molecule has 424 valence electrons. The van der Waals surface area contributed by atoms with Gasteiger partial charge in [0.2, 0.25) is 0 Å². The topological polar surface area (TPSA) is 355 Å². The minimum Gasteiger partial charge on any atom is -0.394 e. The van der Waals surface area contributed by atoms with Crippen LogP contribution in [0.3, 0.4) is 0 Å². The summed E-state index contributed by atoms with van der Waals surface area (Å²) in [7, 11) is 0. The Balaban J connectivity index is 0.804. The number of aliphatic hydroxyl groups excluding tert-OH is 13. The molecule has 0 radical (unpaired) electrons.